The van der Waals surface area contributed by atoms with Crippen LogP contribution in [0.1, 0.15) is 1.37 Å². The minimum absolute atomic E-state index is 0.917. The van der Waals surface area contributed by atoms with Crippen LogP contribution in [0.3, 0.4) is 0 Å². The van der Waals surface area contributed by atoms with E-state index in [1.165, 1.54) is 0 Å². The second-order valence-electron chi connectivity index (χ2n) is 0.362. The maximum Gasteiger partial charge on any atom is 0.107 e. The molecular weight excluding hydrogens is 55.0 g/mol. The monoisotopic (exact) mass is 61.0 g/mol. The van der Waals surface area contributed by atoms with E-state index < -0.39 is 6.65 Å². The van der Waals surface area contributed by atoms with Crippen LogP contribution in [0.2, 0.25) is 0 Å². The molecule has 0 fully saturated rings. The van der Waals surface area contributed by atoms with Gasteiger partial charge in [-0.15, -0.1) is 6.58 Å². The van der Waals surface area contributed by atoms with Crippen molar-refractivity contribution in [3.63, 3.8) is 0 Å². The summed E-state index contributed by atoms with van der Waals surface area (Å²) in [5, 5.41) is 0. The largest absolute Gasteiger partial charge is 0.247 e. The maximum atomic E-state index is 11.0. The summed E-state index contributed by atoms with van der Waals surface area (Å²) in [5.41, 5.74) is 0. The van der Waals surface area contributed by atoms with E-state index in [1.54, 1.807) is 0 Å². The predicted molar refractivity (Wildman–Crippen MR) is 16.2 cm³/mol. The summed E-state index contributed by atoms with van der Waals surface area (Å²) in [6, 6.07) is 0. The van der Waals surface area contributed by atoms with Crippen LogP contribution in [-0.4, -0.2) is 6.65 Å². The lowest BCUT2D eigenvalue weighted by molar-refractivity contribution is 0.562. The van der Waals surface area contributed by atoms with Gasteiger partial charge in [-0.3, -0.25) is 0 Å². The highest BCUT2D eigenvalue weighted by atomic mass is 19.1. The fourth-order valence-corrected chi connectivity index (χ4v) is 0. The van der Waals surface area contributed by atoms with Crippen LogP contribution >= 0.6 is 0 Å². The Morgan fingerprint density at radius 3 is 2.75 bits per heavy atom. The first kappa shape index (κ1) is 1.94. The average Bonchev–Trinajstić information content (AvgIpc) is 1.38. The molecule has 1 unspecified atom stereocenters. The first-order chi connectivity index (χ1) is 2.27. The molecule has 0 aliphatic rings. The highest BCUT2D eigenvalue weighted by Crippen LogP contribution is 1.58. The molecule has 0 nitrogen and oxygen atoms in total. The summed E-state index contributed by atoms with van der Waals surface area (Å²) in [6.07, 6.45) is 0.917. The van der Waals surface area contributed by atoms with Crippen molar-refractivity contribution < 1.29 is 5.76 Å². The summed E-state index contributed by atoms with van der Waals surface area (Å²) in [5.74, 6) is 0. The number of rotatable bonds is 1. The van der Waals surface area contributed by atoms with E-state index in [0.29, 0.717) is 0 Å². The Morgan fingerprint density at radius 2 is 2.75 bits per heavy atom. The van der Waals surface area contributed by atoms with Crippen LogP contribution in [0.15, 0.2) is 12.7 Å². The Hall–Kier alpha value is -0.330. The van der Waals surface area contributed by atoms with E-state index >= 15 is 0 Å². The van der Waals surface area contributed by atoms with Crippen molar-refractivity contribution in [2.75, 3.05) is 6.65 Å². The van der Waals surface area contributed by atoms with Crippen molar-refractivity contribution in [2.24, 2.45) is 0 Å². The lowest BCUT2D eigenvalue weighted by Crippen LogP contribution is -1.48. The van der Waals surface area contributed by atoms with Gasteiger partial charge in [0, 0.05) is 0 Å². The van der Waals surface area contributed by atoms with Gasteiger partial charge in [0.2, 0.25) is 0 Å². The van der Waals surface area contributed by atoms with Gasteiger partial charge in [0.25, 0.3) is 0 Å². The van der Waals surface area contributed by atoms with E-state index in [-0.39, 0.29) is 0 Å². The van der Waals surface area contributed by atoms with Crippen molar-refractivity contribution in [1.82, 2.24) is 0 Å². The summed E-state index contributed by atoms with van der Waals surface area (Å²) < 4.78 is 17.0. The third-order valence-corrected chi connectivity index (χ3v) is 0.0891. The Morgan fingerprint density at radius 1 is 2.50 bits per heavy atom. The first-order valence-corrected chi connectivity index (χ1v) is 0.960. The number of alkyl halides is 1. The molecule has 0 aliphatic carbocycles. The van der Waals surface area contributed by atoms with Gasteiger partial charge in [-0.25, -0.2) is 4.39 Å². The van der Waals surface area contributed by atoms with Gasteiger partial charge in [-0.05, 0) is 0 Å². The SMILES string of the molecule is [2H]C(F)C=C. The summed E-state index contributed by atoms with van der Waals surface area (Å²) in [4.78, 5) is 0. The fraction of sp³-hybridized carbons (Fsp3) is 0.333. The lowest BCUT2D eigenvalue weighted by atomic mass is 10.7. The predicted octanol–water partition coefficient (Wildman–Crippen LogP) is 1.14. The fourth-order valence-electron chi connectivity index (χ4n) is 0. The van der Waals surface area contributed by atoms with Gasteiger partial charge in [-0.1, -0.05) is 6.08 Å². The van der Waals surface area contributed by atoms with Crippen LogP contribution in [-0.2, 0) is 0 Å². The second kappa shape index (κ2) is 2.67. The molecule has 0 bridgehead atoms. The highest BCUT2D eigenvalue weighted by molar-refractivity contribution is 4.61. The quantitative estimate of drug-likeness (QED) is 0.399. The first-order valence-electron chi connectivity index (χ1n) is 1.54. The molecule has 0 aliphatic heterocycles. The Kier molecular flexibility index (Phi) is 1.30. The van der Waals surface area contributed by atoms with Crippen LogP contribution < -0.4 is 0 Å². The van der Waals surface area contributed by atoms with Crippen LogP contribution in [0, 0.1) is 0 Å². The van der Waals surface area contributed by atoms with Crippen LogP contribution in [0.4, 0.5) is 4.39 Å². The second-order valence-corrected chi connectivity index (χ2v) is 0.362. The van der Waals surface area contributed by atoms with Gasteiger partial charge in [0.1, 0.15) is 6.65 Å². The topological polar surface area (TPSA) is 0 Å². The number of halogens is 1. The lowest BCUT2D eigenvalue weighted by Gasteiger charge is -1.54. The van der Waals surface area contributed by atoms with Gasteiger partial charge in [0.15, 0.2) is 0 Å². The highest BCUT2D eigenvalue weighted by Gasteiger charge is 1.49. The van der Waals surface area contributed by atoms with Gasteiger partial charge in [0.05, 0.1) is 1.37 Å². The molecule has 0 aromatic carbocycles. The Balaban J connectivity index is 2.83. The summed E-state index contributed by atoms with van der Waals surface area (Å²) in [6.45, 7) is 1.40. The smallest absolute Gasteiger partial charge is 0.107 e. The van der Waals surface area contributed by atoms with Crippen LogP contribution in [0.5, 0.6) is 0 Å². The molecule has 0 spiro atoms. The molecule has 0 saturated carbocycles. The maximum absolute atomic E-state index is 11.0. The van der Waals surface area contributed by atoms with E-state index in [9.17, 15) is 4.39 Å². The van der Waals surface area contributed by atoms with Crippen LogP contribution in [0.25, 0.3) is 0 Å². The molecule has 0 aromatic rings. The number of allylic oxidation sites excluding steroid dienone is 1. The summed E-state index contributed by atoms with van der Waals surface area (Å²) >= 11 is 0. The van der Waals surface area contributed by atoms with Crippen molar-refractivity contribution in [3.8, 4) is 0 Å². The molecule has 4 heavy (non-hydrogen) atoms. The number of hydrogen-bond donors (Lipinski definition) is 0. The zero-order chi connectivity index (χ0) is 4.28. The van der Waals surface area contributed by atoms with E-state index in [4.69, 9.17) is 1.37 Å². The molecule has 0 N–H and O–H groups in total. The van der Waals surface area contributed by atoms with Crippen molar-refractivity contribution in [2.45, 2.75) is 0 Å². The third kappa shape index (κ3) is 1.67. The molecule has 1 atom stereocenters. The molecule has 0 radical (unpaired) electrons. The average molecular weight is 61.1 g/mol. The molecular formula is C3H5F. The van der Waals surface area contributed by atoms with Gasteiger partial charge < -0.3 is 0 Å². The standard InChI is InChI=1S/C3H5F/c1-2-3-4/h2H,1,3H2/i3D. The summed E-state index contributed by atoms with van der Waals surface area (Å²) in [7, 11) is 0. The number of hydrogen-bond acceptors (Lipinski definition) is 0. The molecule has 0 amide bonds. The molecule has 1 heteroatoms. The van der Waals surface area contributed by atoms with E-state index in [0.717, 1.165) is 6.08 Å². The zero-order valence-corrected chi connectivity index (χ0v) is 2.24. The van der Waals surface area contributed by atoms with Crippen molar-refractivity contribution >= 4 is 0 Å². The molecule has 24 valence electrons. The van der Waals surface area contributed by atoms with E-state index in [1.807, 2.05) is 0 Å². The van der Waals surface area contributed by atoms with Gasteiger partial charge in [-0.2, -0.15) is 0 Å². The van der Waals surface area contributed by atoms with Crippen molar-refractivity contribution in [1.29, 1.82) is 0 Å². The normalized spacial score (nSPS) is 17.8. The zero-order valence-electron chi connectivity index (χ0n) is 3.24. The Labute approximate surface area is 26.4 Å². The minimum Gasteiger partial charge on any atom is -0.247 e. The molecule has 0 heterocycles. The minimum atomic E-state index is -1.60. The molecule has 0 saturated heterocycles. The molecule has 0 rings (SSSR count). The molecule has 0 aromatic heterocycles. The van der Waals surface area contributed by atoms with Crippen molar-refractivity contribution in [3.05, 3.63) is 12.7 Å². The van der Waals surface area contributed by atoms with E-state index in [2.05, 4.69) is 6.58 Å². The third-order valence-electron chi connectivity index (χ3n) is 0.0891. The van der Waals surface area contributed by atoms with Gasteiger partial charge >= 0.3 is 0 Å². The Bertz CT molecular complexity index is 33.9.